The van der Waals surface area contributed by atoms with Crippen LogP contribution in [0.1, 0.15) is 13.8 Å². The Morgan fingerprint density at radius 2 is 1.38 bits per heavy atom. The largest absolute Gasteiger partial charge is 0.394 e. The number of carbonyl (C=O) groups excluding carboxylic acids is 2. The highest BCUT2D eigenvalue weighted by molar-refractivity contribution is 5.73. The molecule has 0 aromatic heterocycles. The fourth-order valence-electron chi connectivity index (χ4n) is 4.46. The minimum atomic E-state index is -1.99. The molecule has 0 aliphatic carbocycles. The average molecular weight is 589 g/mol. The van der Waals surface area contributed by atoms with Gasteiger partial charge < -0.3 is 80.6 Å². The molecule has 18 nitrogen and oxygen atoms in total. The zero-order valence-electron chi connectivity index (χ0n) is 21.8. The molecule has 2 fully saturated rings. The van der Waals surface area contributed by atoms with Crippen molar-refractivity contribution in [3.05, 3.63) is 0 Å². The normalized spacial score (nSPS) is 37.7. The van der Waals surface area contributed by atoms with Gasteiger partial charge in [-0.15, -0.1) is 0 Å². The number of carbonyl (C=O) groups is 2. The highest BCUT2D eigenvalue weighted by atomic mass is 16.7. The Hall–Kier alpha value is -1.62. The predicted octanol–water partition coefficient (Wildman–Crippen LogP) is -7.65. The number of hydrogen-bond acceptors (Lipinski definition) is 16. The molecule has 2 amide bonds. The number of nitrogens with one attached hydrogen (secondary N) is 2. The number of amides is 2. The van der Waals surface area contributed by atoms with Crippen molar-refractivity contribution in [2.75, 3.05) is 26.4 Å². The Morgan fingerprint density at radius 1 is 0.800 bits per heavy atom. The van der Waals surface area contributed by atoms with Crippen molar-refractivity contribution in [1.82, 2.24) is 10.6 Å². The minimum Gasteiger partial charge on any atom is -0.394 e. The van der Waals surface area contributed by atoms with Crippen LogP contribution in [0.2, 0.25) is 0 Å². The van der Waals surface area contributed by atoms with Gasteiger partial charge >= 0.3 is 0 Å². The van der Waals surface area contributed by atoms with Gasteiger partial charge in [0.2, 0.25) is 11.8 Å². The van der Waals surface area contributed by atoms with Gasteiger partial charge in [0.15, 0.2) is 12.6 Å². The Bertz CT molecular complexity index is 809. The van der Waals surface area contributed by atoms with Crippen LogP contribution in [0.15, 0.2) is 0 Å². The number of hydrogen-bond donors (Lipinski definition) is 12. The van der Waals surface area contributed by atoms with Crippen molar-refractivity contribution in [3.8, 4) is 0 Å². The molecule has 0 radical (unpaired) electrons. The molecule has 14 atom stereocenters. The first-order valence-corrected chi connectivity index (χ1v) is 12.5. The first kappa shape index (κ1) is 34.6. The van der Waals surface area contributed by atoms with Gasteiger partial charge in [-0.1, -0.05) is 0 Å². The highest BCUT2D eigenvalue weighted by Crippen LogP contribution is 2.31. The third-order valence-electron chi connectivity index (χ3n) is 6.55. The molecule has 12 N–H and O–H groups in total. The second-order valence-corrected chi connectivity index (χ2v) is 9.57. The fourth-order valence-corrected chi connectivity index (χ4v) is 4.46. The summed E-state index contributed by atoms with van der Waals surface area (Å²) in [4.78, 5) is 23.3. The van der Waals surface area contributed by atoms with E-state index in [2.05, 4.69) is 10.6 Å². The van der Waals surface area contributed by atoms with Gasteiger partial charge in [-0.2, -0.15) is 0 Å². The van der Waals surface area contributed by atoms with Crippen LogP contribution in [0.3, 0.4) is 0 Å². The van der Waals surface area contributed by atoms with E-state index in [1.54, 1.807) is 0 Å². The number of aliphatic hydroxyl groups is 10. The maximum Gasteiger partial charge on any atom is 0.217 e. The molecule has 0 saturated carbocycles. The van der Waals surface area contributed by atoms with E-state index in [-0.39, 0.29) is 0 Å². The van der Waals surface area contributed by atoms with E-state index in [0.717, 1.165) is 13.8 Å². The first-order chi connectivity index (χ1) is 18.8. The summed E-state index contributed by atoms with van der Waals surface area (Å²) < 4.78 is 22.1. The highest BCUT2D eigenvalue weighted by Gasteiger charge is 2.52. The van der Waals surface area contributed by atoms with Gasteiger partial charge in [0.1, 0.15) is 67.1 Å². The van der Waals surface area contributed by atoms with Gasteiger partial charge in [0, 0.05) is 13.8 Å². The lowest BCUT2D eigenvalue weighted by Gasteiger charge is -2.47. The van der Waals surface area contributed by atoms with E-state index in [1.807, 2.05) is 0 Å². The van der Waals surface area contributed by atoms with Gasteiger partial charge in [-0.05, 0) is 0 Å². The first-order valence-electron chi connectivity index (χ1n) is 12.5. The average Bonchev–Trinajstić information content (AvgIpc) is 2.91. The van der Waals surface area contributed by atoms with Crippen molar-refractivity contribution in [2.24, 2.45) is 0 Å². The van der Waals surface area contributed by atoms with E-state index in [9.17, 15) is 60.7 Å². The van der Waals surface area contributed by atoms with E-state index in [1.165, 1.54) is 0 Å². The van der Waals surface area contributed by atoms with Gasteiger partial charge in [0.25, 0.3) is 0 Å². The summed E-state index contributed by atoms with van der Waals surface area (Å²) in [6.07, 6.45) is -21.0. The summed E-state index contributed by atoms with van der Waals surface area (Å²) in [6, 6.07) is -2.87. The summed E-state index contributed by atoms with van der Waals surface area (Å²) in [5, 5.41) is 106. The molecule has 40 heavy (non-hydrogen) atoms. The fraction of sp³-hybridized carbons (Fsp3) is 0.909. The predicted molar refractivity (Wildman–Crippen MR) is 127 cm³/mol. The molecule has 18 heteroatoms. The van der Waals surface area contributed by atoms with E-state index < -0.39 is 124 Å². The third-order valence-corrected chi connectivity index (χ3v) is 6.55. The van der Waals surface area contributed by atoms with Crippen molar-refractivity contribution in [3.63, 3.8) is 0 Å². The van der Waals surface area contributed by atoms with Crippen molar-refractivity contribution >= 4 is 11.8 Å². The van der Waals surface area contributed by atoms with Gasteiger partial charge in [0.05, 0.1) is 32.5 Å². The second kappa shape index (κ2) is 15.6. The zero-order valence-corrected chi connectivity index (χ0v) is 21.8. The number of ether oxygens (including phenoxy) is 4. The molecule has 0 bridgehead atoms. The quantitative estimate of drug-likeness (QED) is 0.0950. The van der Waals surface area contributed by atoms with Crippen molar-refractivity contribution < 1.29 is 79.6 Å². The van der Waals surface area contributed by atoms with Crippen LogP contribution in [-0.4, -0.2) is 175 Å². The molecule has 2 heterocycles. The lowest BCUT2D eigenvalue weighted by atomic mass is 9.95. The number of aliphatic hydroxyl groups excluding tert-OH is 10. The van der Waals surface area contributed by atoms with Crippen LogP contribution >= 0.6 is 0 Å². The minimum absolute atomic E-state index is 0.675. The lowest BCUT2D eigenvalue weighted by molar-refractivity contribution is -0.357. The second-order valence-electron chi connectivity index (χ2n) is 9.57. The molecule has 234 valence electrons. The van der Waals surface area contributed by atoms with E-state index in [0.29, 0.717) is 0 Å². The molecule has 2 saturated heterocycles. The molecule has 2 aliphatic rings. The van der Waals surface area contributed by atoms with E-state index in [4.69, 9.17) is 18.9 Å². The van der Waals surface area contributed by atoms with Crippen LogP contribution in [0.25, 0.3) is 0 Å². The van der Waals surface area contributed by atoms with Crippen LogP contribution in [0.5, 0.6) is 0 Å². The van der Waals surface area contributed by atoms with Crippen LogP contribution in [0.4, 0.5) is 0 Å². The Balaban J connectivity index is 2.39. The summed E-state index contributed by atoms with van der Waals surface area (Å²) in [7, 11) is 0. The van der Waals surface area contributed by atoms with Crippen LogP contribution < -0.4 is 10.6 Å². The molecular weight excluding hydrogens is 548 g/mol. The Kier molecular flexibility index (Phi) is 13.5. The number of rotatable bonds is 13. The summed E-state index contributed by atoms with van der Waals surface area (Å²) in [5.74, 6) is -1.35. The lowest BCUT2D eigenvalue weighted by Crippen LogP contribution is -2.68. The van der Waals surface area contributed by atoms with Crippen LogP contribution in [0, 0.1) is 0 Å². The zero-order chi connectivity index (χ0) is 30.3. The monoisotopic (exact) mass is 588 g/mol. The molecule has 2 aliphatic heterocycles. The molecule has 0 unspecified atom stereocenters. The molecule has 0 aromatic carbocycles. The Morgan fingerprint density at radius 3 is 1.88 bits per heavy atom. The van der Waals surface area contributed by atoms with Gasteiger partial charge in [-0.25, -0.2) is 0 Å². The van der Waals surface area contributed by atoms with E-state index >= 15 is 0 Å². The maximum atomic E-state index is 11.7. The smallest absolute Gasteiger partial charge is 0.217 e. The standard InChI is InChI=1S/C22H40N2O16/c1-7(29)23-9(3-25)19(14(32)10(31)4-26)39-22-18(36)20(16(34)12(6-28)38-22)40-21-13(24-8(2)30)17(35)15(33)11(5-27)37-21/h9-22,25-28,31-36H,3-6H2,1-2H3,(H,23,29)(H,24,30)/t9-,10+,11+,12+,13+,14-,15+,16-,17+,18+,19+,20-,21-,22-/m0/s1. The van der Waals surface area contributed by atoms with Crippen LogP contribution in [-0.2, 0) is 28.5 Å². The topological polar surface area (TPSA) is 297 Å². The van der Waals surface area contributed by atoms with Crippen molar-refractivity contribution in [2.45, 2.75) is 99.6 Å². The maximum absolute atomic E-state index is 11.7. The molecule has 0 aromatic rings. The molecule has 0 spiro atoms. The summed E-state index contributed by atoms with van der Waals surface area (Å²) >= 11 is 0. The Labute approximate surface area is 228 Å². The molecular formula is C22H40N2O16. The SMILES string of the molecule is CC(=O)N[C@H]1[C@H](O[C@H]2[C@@H](O)[C@@H](CO)O[C@@H](O[C@@H]([C@@H](O)[C@H](O)CO)[C@H](CO)NC(C)=O)[C@@H]2O)O[C@H](CO)[C@@H](O)[C@@H]1O. The summed E-state index contributed by atoms with van der Waals surface area (Å²) in [6.45, 7) is -1.27. The van der Waals surface area contributed by atoms with Gasteiger partial charge in [-0.3, -0.25) is 9.59 Å². The molecule has 2 rings (SSSR count). The van der Waals surface area contributed by atoms with Crippen molar-refractivity contribution in [1.29, 1.82) is 0 Å². The summed E-state index contributed by atoms with van der Waals surface area (Å²) in [5.41, 5.74) is 0. The third kappa shape index (κ3) is 8.23.